The molecule has 2 aromatic heterocycles. The number of pyridine rings is 1. The average molecular weight is 340 g/mol. The molecule has 5 heteroatoms. The molecular weight excluding hydrogens is 327 g/mol. The van der Waals surface area contributed by atoms with E-state index in [1.165, 1.54) is 0 Å². The van der Waals surface area contributed by atoms with E-state index in [9.17, 15) is 0 Å². The fourth-order valence-electron chi connectivity index (χ4n) is 2.43. The fraction of sp³-hybridized carbons (Fsp3) is 0.188. The van der Waals surface area contributed by atoms with Crippen LogP contribution < -0.4 is 0 Å². The molecule has 0 saturated heterocycles. The third-order valence-corrected chi connectivity index (χ3v) is 4.12. The summed E-state index contributed by atoms with van der Waals surface area (Å²) in [4.78, 5) is 4.69. The minimum atomic E-state index is -0.191. The second-order valence-electron chi connectivity index (χ2n) is 5.02. The predicted molar refractivity (Wildman–Crippen MR) is 89.7 cm³/mol. The summed E-state index contributed by atoms with van der Waals surface area (Å²) in [7, 11) is 0. The third kappa shape index (κ3) is 2.64. The molecule has 0 spiro atoms. The van der Waals surface area contributed by atoms with E-state index in [4.69, 9.17) is 34.8 Å². The van der Waals surface area contributed by atoms with Crippen LogP contribution in [0.3, 0.4) is 0 Å². The van der Waals surface area contributed by atoms with Crippen LogP contribution in [0.5, 0.6) is 0 Å². The largest absolute Gasteiger partial charge is 0.302 e. The molecule has 1 aromatic carbocycles. The van der Waals surface area contributed by atoms with E-state index in [1.807, 2.05) is 42.6 Å². The Morgan fingerprint density at radius 1 is 1.14 bits per heavy atom. The van der Waals surface area contributed by atoms with Gasteiger partial charge in [-0.05, 0) is 43.7 Å². The number of imidazole rings is 1. The van der Waals surface area contributed by atoms with Gasteiger partial charge in [0.2, 0.25) is 0 Å². The molecule has 1 unspecified atom stereocenters. The van der Waals surface area contributed by atoms with E-state index in [1.54, 1.807) is 12.1 Å². The smallest absolute Gasteiger partial charge is 0.137 e. The van der Waals surface area contributed by atoms with E-state index in [0.29, 0.717) is 10.0 Å². The Morgan fingerprint density at radius 2 is 1.90 bits per heavy atom. The van der Waals surface area contributed by atoms with Gasteiger partial charge in [0.25, 0.3) is 0 Å². The monoisotopic (exact) mass is 338 g/mol. The number of hydrogen-bond donors (Lipinski definition) is 0. The van der Waals surface area contributed by atoms with Gasteiger partial charge in [0.05, 0.1) is 21.8 Å². The van der Waals surface area contributed by atoms with Crippen LogP contribution in [-0.4, -0.2) is 9.38 Å². The minimum absolute atomic E-state index is 0.191. The van der Waals surface area contributed by atoms with Crippen molar-refractivity contribution in [2.45, 2.75) is 19.2 Å². The summed E-state index contributed by atoms with van der Waals surface area (Å²) in [6, 6.07) is 9.41. The van der Waals surface area contributed by atoms with Crippen molar-refractivity contribution in [3.8, 4) is 11.3 Å². The minimum Gasteiger partial charge on any atom is -0.302 e. The van der Waals surface area contributed by atoms with Crippen LogP contribution in [0, 0.1) is 6.92 Å². The number of nitrogens with zero attached hydrogens (tertiary/aromatic N) is 2. The van der Waals surface area contributed by atoms with E-state index >= 15 is 0 Å². The maximum absolute atomic E-state index is 6.38. The average Bonchev–Trinajstić information content (AvgIpc) is 2.76. The van der Waals surface area contributed by atoms with Crippen LogP contribution in [0.25, 0.3) is 16.9 Å². The lowest BCUT2D eigenvalue weighted by atomic mass is 10.1. The molecule has 0 radical (unpaired) electrons. The first-order valence-corrected chi connectivity index (χ1v) is 7.74. The summed E-state index contributed by atoms with van der Waals surface area (Å²) >= 11 is 18.7. The van der Waals surface area contributed by atoms with Gasteiger partial charge < -0.3 is 4.40 Å². The first-order valence-electron chi connectivity index (χ1n) is 6.55. The van der Waals surface area contributed by atoms with Gasteiger partial charge in [-0.1, -0.05) is 29.3 Å². The van der Waals surface area contributed by atoms with Crippen molar-refractivity contribution in [1.29, 1.82) is 0 Å². The zero-order valence-corrected chi connectivity index (χ0v) is 13.8. The molecule has 2 nitrogen and oxygen atoms in total. The Balaban J connectivity index is 2.34. The highest BCUT2D eigenvalue weighted by atomic mass is 35.5. The number of fused-ring (bicyclic) bond motifs is 1. The Kier molecular flexibility index (Phi) is 3.87. The van der Waals surface area contributed by atoms with Gasteiger partial charge in [0, 0.05) is 16.8 Å². The second-order valence-corrected chi connectivity index (χ2v) is 6.52. The molecule has 1 atom stereocenters. The molecule has 2 heterocycles. The van der Waals surface area contributed by atoms with Gasteiger partial charge >= 0.3 is 0 Å². The van der Waals surface area contributed by atoms with Crippen LogP contribution in [0.2, 0.25) is 10.0 Å². The highest BCUT2D eigenvalue weighted by Gasteiger charge is 2.19. The highest BCUT2D eigenvalue weighted by Crippen LogP contribution is 2.36. The van der Waals surface area contributed by atoms with Gasteiger partial charge in [0.1, 0.15) is 5.65 Å². The summed E-state index contributed by atoms with van der Waals surface area (Å²) in [5.74, 6) is 0. The number of benzene rings is 1. The number of hydrogen-bond acceptors (Lipinski definition) is 1. The van der Waals surface area contributed by atoms with Crippen LogP contribution in [0.15, 0.2) is 36.5 Å². The van der Waals surface area contributed by atoms with Gasteiger partial charge in [0.15, 0.2) is 0 Å². The van der Waals surface area contributed by atoms with Crippen LogP contribution in [0.4, 0.5) is 0 Å². The molecule has 0 amide bonds. The van der Waals surface area contributed by atoms with Crippen LogP contribution in [-0.2, 0) is 0 Å². The second kappa shape index (κ2) is 5.53. The lowest BCUT2D eigenvalue weighted by Crippen LogP contribution is -1.96. The first kappa shape index (κ1) is 14.7. The SMILES string of the molecule is Cc1ccc2nc(-c3ccc(Cl)cc3Cl)c(C(C)Cl)n2c1. The van der Waals surface area contributed by atoms with Crippen molar-refractivity contribution < 1.29 is 0 Å². The summed E-state index contributed by atoms with van der Waals surface area (Å²) in [6.45, 7) is 3.97. The van der Waals surface area contributed by atoms with Crippen molar-refractivity contribution in [3.05, 3.63) is 57.8 Å². The molecule has 3 aromatic rings. The zero-order valence-electron chi connectivity index (χ0n) is 11.6. The molecule has 0 saturated carbocycles. The molecule has 0 aliphatic heterocycles. The normalized spacial score (nSPS) is 12.8. The van der Waals surface area contributed by atoms with Crippen molar-refractivity contribution in [3.63, 3.8) is 0 Å². The molecule has 0 bridgehead atoms. The molecule has 21 heavy (non-hydrogen) atoms. The molecule has 0 fully saturated rings. The molecule has 0 aliphatic carbocycles. The lowest BCUT2D eigenvalue weighted by molar-refractivity contribution is 0.960. The summed E-state index contributed by atoms with van der Waals surface area (Å²) in [5.41, 5.74) is 4.56. The number of alkyl halides is 1. The van der Waals surface area contributed by atoms with Crippen molar-refractivity contribution in [1.82, 2.24) is 9.38 Å². The quantitative estimate of drug-likeness (QED) is 0.530. The van der Waals surface area contributed by atoms with Crippen LogP contribution >= 0.6 is 34.8 Å². The van der Waals surface area contributed by atoms with Gasteiger partial charge in [-0.2, -0.15) is 0 Å². The van der Waals surface area contributed by atoms with Gasteiger partial charge in [-0.25, -0.2) is 4.98 Å². The molecule has 0 N–H and O–H groups in total. The van der Waals surface area contributed by atoms with Crippen molar-refractivity contribution in [2.75, 3.05) is 0 Å². The topological polar surface area (TPSA) is 17.3 Å². The lowest BCUT2D eigenvalue weighted by Gasteiger charge is -2.09. The Hall–Kier alpha value is -1.22. The van der Waals surface area contributed by atoms with Gasteiger partial charge in [-0.15, -0.1) is 11.6 Å². The number of halogens is 3. The zero-order chi connectivity index (χ0) is 15.1. The maximum atomic E-state index is 6.38. The van der Waals surface area contributed by atoms with Gasteiger partial charge in [-0.3, -0.25) is 0 Å². The molecule has 3 rings (SSSR count). The Labute approximate surface area is 138 Å². The van der Waals surface area contributed by atoms with Crippen molar-refractivity contribution in [2.24, 2.45) is 0 Å². The summed E-state index contributed by atoms with van der Waals surface area (Å²) < 4.78 is 2.02. The molecular formula is C16H13Cl3N2. The summed E-state index contributed by atoms with van der Waals surface area (Å²) in [6.07, 6.45) is 2.03. The standard InChI is InChI=1S/C16H13Cl3N2/c1-9-3-6-14-20-15(16(10(2)17)21(14)8-9)12-5-4-11(18)7-13(12)19/h3-8,10H,1-2H3. The maximum Gasteiger partial charge on any atom is 0.137 e. The Bertz CT molecular complexity index is 822. The molecule has 108 valence electrons. The Morgan fingerprint density at radius 3 is 2.57 bits per heavy atom. The fourth-order valence-corrected chi connectivity index (χ4v) is 3.14. The predicted octanol–water partition coefficient (Wildman–Crippen LogP) is 5.92. The first-order chi connectivity index (χ1) is 9.97. The number of aromatic nitrogens is 2. The van der Waals surface area contributed by atoms with E-state index in [2.05, 4.69) is 4.98 Å². The highest BCUT2D eigenvalue weighted by molar-refractivity contribution is 6.36. The number of rotatable bonds is 2. The van der Waals surface area contributed by atoms with Crippen molar-refractivity contribution >= 4 is 40.4 Å². The van der Waals surface area contributed by atoms with E-state index in [-0.39, 0.29) is 5.38 Å². The molecule has 0 aliphatic rings. The van der Waals surface area contributed by atoms with Crippen LogP contribution in [0.1, 0.15) is 23.6 Å². The third-order valence-electron chi connectivity index (χ3n) is 3.37. The van der Waals surface area contributed by atoms with E-state index < -0.39 is 0 Å². The number of aryl methyl sites for hydroxylation is 1. The van der Waals surface area contributed by atoms with E-state index in [0.717, 1.165) is 28.2 Å². The summed E-state index contributed by atoms with van der Waals surface area (Å²) in [5, 5.41) is 0.980.